The second-order valence-corrected chi connectivity index (χ2v) is 9.51. The molecular weight excluding hydrogens is 446 g/mol. The molecule has 1 aliphatic heterocycles. The zero-order valence-corrected chi connectivity index (χ0v) is 19.0. The van der Waals surface area contributed by atoms with Crippen LogP contribution in [0, 0.1) is 0 Å². The van der Waals surface area contributed by atoms with Gasteiger partial charge in [0.15, 0.2) is 0 Å². The molecule has 4 N–H and O–H groups in total. The Morgan fingerprint density at radius 1 is 1.24 bits per heavy atom. The van der Waals surface area contributed by atoms with Crippen molar-refractivity contribution in [3.63, 3.8) is 0 Å². The van der Waals surface area contributed by atoms with Crippen LogP contribution in [0.25, 0.3) is 0 Å². The van der Waals surface area contributed by atoms with Gasteiger partial charge >= 0.3 is 5.97 Å². The first-order valence-corrected chi connectivity index (χ1v) is 12.2. The third-order valence-electron chi connectivity index (χ3n) is 4.89. The van der Waals surface area contributed by atoms with E-state index in [1.165, 1.54) is 12.3 Å². The highest BCUT2D eigenvalue weighted by Crippen LogP contribution is 2.29. The van der Waals surface area contributed by atoms with Gasteiger partial charge in [-0.3, -0.25) is 15.2 Å². The number of benzene rings is 1. The van der Waals surface area contributed by atoms with Gasteiger partial charge in [-0.1, -0.05) is 18.2 Å². The first-order chi connectivity index (χ1) is 16.0. The van der Waals surface area contributed by atoms with Crippen LogP contribution in [0.2, 0.25) is 0 Å². The van der Waals surface area contributed by atoms with Crippen LogP contribution >= 0.6 is 0 Å². The summed E-state index contributed by atoms with van der Waals surface area (Å²) in [5, 5.41) is 15.9. The fourth-order valence-corrected chi connectivity index (χ4v) is 4.88. The zero-order chi connectivity index (χ0) is 23.5. The largest absolute Gasteiger partial charge is 0.492 e. The van der Waals surface area contributed by atoms with E-state index in [1.807, 2.05) is 12.3 Å². The number of aromatic nitrogens is 1. The number of sulfone groups is 1. The van der Waals surface area contributed by atoms with Crippen molar-refractivity contribution in [3.8, 4) is 5.75 Å². The van der Waals surface area contributed by atoms with Crippen LogP contribution in [0.1, 0.15) is 19.3 Å². The molecule has 2 aromatic rings. The number of nitrogens with zero attached hydrogens (tertiary/aromatic N) is 2. The highest BCUT2D eigenvalue weighted by molar-refractivity contribution is 7.92. The quantitative estimate of drug-likeness (QED) is 0.318. The molecule has 0 radical (unpaired) electrons. The average Bonchev–Trinajstić information content (AvgIpc) is 2.82. The lowest BCUT2D eigenvalue weighted by atomic mass is 10.3. The number of anilines is 1. The van der Waals surface area contributed by atoms with Gasteiger partial charge in [-0.15, -0.1) is 0 Å². The van der Waals surface area contributed by atoms with Crippen LogP contribution in [-0.4, -0.2) is 61.2 Å². The molecule has 0 amide bonds. The minimum absolute atomic E-state index is 0.0445. The zero-order valence-electron chi connectivity index (χ0n) is 18.2. The number of hydrogen-bond donors (Lipinski definition) is 4. The molecule has 33 heavy (non-hydrogen) atoms. The predicted octanol–water partition coefficient (Wildman–Crippen LogP) is 1.81. The number of carbonyl (C=O) groups is 1. The Labute approximate surface area is 193 Å². The molecule has 1 unspecified atom stereocenters. The number of aliphatic carboxylic acids is 1. The SMILES string of the molecule is O=C(O)CC(Nc1cccnc1)S(=O)(=O)c1ccccc1OCCCCNN1CC=CNC1. The Kier molecular flexibility index (Phi) is 9.04. The Morgan fingerprint density at radius 2 is 2.09 bits per heavy atom. The minimum Gasteiger partial charge on any atom is -0.492 e. The number of para-hydroxylation sites is 1. The van der Waals surface area contributed by atoms with Crippen LogP contribution in [0.4, 0.5) is 5.69 Å². The van der Waals surface area contributed by atoms with Gasteiger partial charge in [0.05, 0.1) is 25.4 Å². The number of unbranched alkanes of at least 4 members (excludes halogenated alkanes) is 1. The topological polar surface area (TPSA) is 133 Å². The Bertz CT molecular complexity index is 1030. The van der Waals surface area contributed by atoms with Crippen molar-refractivity contribution in [2.45, 2.75) is 29.5 Å². The van der Waals surface area contributed by atoms with Gasteiger partial charge in [0, 0.05) is 25.5 Å². The summed E-state index contributed by atoms with van der Waals surface area (Å²) >= 11 is 0. The van der Waals surface area contributed by atoms with Gasteiger partial charge in [0.2, 0.25) is 9.84 Å². The lowest BCUT2D eigenvalue weighted by Crippen LogP contribution is -2.45. The summed E-state index contributed by atoms with van der Waals surface area (Å²) in [6, 6.07) is 9.56. The van der Waals surface area contributed by atoms with Crippen LogP contribution in [0.5, 0.6) is 5.75 Å². The third-order valence-corrected chi connectivity index (χ3v) is 6.87. The van der Waals surface area contributed by atoms with E-state index in [-0.39, 0.29) is 10.6 Å². The van der Waals surface area contributed by atoms with Crippen molar-refractivity contribution in [1.82, 2.24) is 20.7 Å². The van der Waals surface area contributed by atoms with Crippen LogP contribution in [0.15, 0.2) is 66.0 Å². The normalized spacial score (nSPS) is 14.9. The monoisotopic (exact) mass is 475 g/mol. The fraction of sp³-hybridized carbons (Fsp3) is 0.364. The summed E-state index contributed by atoms with van der Waals surface area (Å²) in [7, 11) is -4.06. The summed E-state index contributed by atoms with van der Waals surface area (Å²) in [4.78, 5) is 15.3. The number of carboxylic acids is 1. The average molecular weight is 476 g/mol. The molecule has 1 aromatic carbocycles. The maximum absolute atomic E-state index is 13.4. The maximum atomic E-state index is 13.4. The van der Waals surface area contributed by atoms with Gasteiger partial charge in [-0.05, 0) is 43.3 Å². The van der Waals surface area contributed by atoms with Crippen molar-refractivity contribution < 1.29 is 23.1 Å². The lowest BCUT2D eigenvalue weighted by Gasteiger charge is -2.24. The molecule has 11 heteroatoms. The summed E-state index contributed by atoms with van der Waals surface area (Å²) in [5.74, 6) is -1.02. The molecule has 0 bridgehead atoms. The molecule has 3 rings (SSSR count). The van der Waals surface area contributed by atoms with Crippen molar-refractivity contribution in [1.29, 1.82) is 0 Å². The number of hydrogen-bond acceptors (Lipinski definition) is 9. The highest BCUT2D eigenvalue weighted by Gasteiger charge is 2.32. The number of nitrogens with one attached hydrogen (secondary N) is 3. The van der Waals surface area contributed by atoms with Gasteiger partial charge in [0.25, 0.3) is 0 Å². The summed E-state index contributed by atoms with van der Waals surface area (Å²) in [5.41, 5.74) is 3.73. The van der Waals surface area contributed by atoms with Crippen molar-refractivity contribution in [2.75, 3.05) is 31.7 Å². The van der Waals surface area contributed by atoms with Crippen LogP contribution in [-0.2, 0) is 14.6 Å². The second-order valence-electron chi connectivity index (χ2n) is 7.41. The lowest BCUT2D eigenvalue weighted by molar-refractivity contribution is -0.136. The number of pyridine rings is 1. The summed E-state index contributed by atoms with van der Waals surface area (Å²) in [6.45, 7) is 2.68. The summed E-state index contributed by atoms with van der Waals surface area (Å²) < 4.78 is 32.5. The second kappa shape index (κ2) is 12.2. The molecule has 0 saturated heterocycles. The standard InChI is InChI=1S/C22H29N5O5S/c28-22(29)15-21(26-18-7-5-10-23-16-18)33(30,31)20-9-2-1-8-19(20)32-14-4-3-12-25-27-13-6-11-24-17-27/h1-2,5-11,16,21,24-26H,3-4,12-15,17H2,(H,28,29). The van der Waals surface area contributed by atoms with E-state index in [1.54, 1.807) is 36.5 Å². The van der Waals surface area contributed by atoms with Crippen molar-refractivity contribution in [2.24, 2.45) is 0 Å². The third kappa shape index (κ3) is 7.45. The van der Waals surface area contributed by atoms with E-state index in [9.17, 15) is 18.3 Å². The molecule has 0 fully saturated rings. The first-order valence-electron chi connectivity index (χ1n) is 10.7. The van der Waals surface area contributed by atoms with Crippen molar-refractivity contribution >= 4 is 21.5 Å². The minimum atomic E-state index is -4.06. The molecule has 2 heterocycles. The number of carboxylic acid groups (broad SMARTS) is 1. The number of ether oxygens (including phenoxy) is 1. The molecule has 1 aliphatic rings. The summed E-state index contributed by atoms with van der Waals surface area (Å²) in [6.07, 6.45) is 7.90. The predicted molar refractivity (Wildman–Crippen MR) is 124 cm³/mol. The van der Waals surface area contributed by atoms with Crippen LogP contribution in [0.3, 0.4) is 0 Å². The van der Waals surface area contributed by atoms with E-state index in [4.69, 9.17) is 4.74 Å². The van der Waals surface area contributed by atoms with Gasteiger partial charge in [0.1, 0.15) is 16.0 Å². The highest BCUT2D eigenvalue weighted by atomic mass is 32.2. The van der Waals surface area contributed by atoms with E-state index in [0.717, 1.165) is 32.6 Å². The molecular formula is C22H29N5O5S. The van der Waals surface area contributed by atoms with Gasteiger partial charge in [-0.25, -0.2) is 13.4 Å². The smallest absolute Gasteiger partial charge is 0.306 e. The molecule has 1 aromatic heterocycles. The van der Waals surface area contributed by atoms with E-state index < -0.39 is 27.6 Å². The molecule has 0 aliphatic carbocycles. The molecule has 178 valence electrons. The Morgan fingerprint density at radius 3 is 2.82 bits per heavy atom. The Balaban J connectivity index is 1.61. The molecule has 10 nitrogen and oxygen atoms in total. The Hall–Kier alpha value is -3.15. The van der Waals surface area contributed by atoms with Gasteiger partial charge < -0.3 is 20.5 Å². The fourth-order valence-electron chi connectivity index (χ4n) is 3.25. The molecule has 0 spiro atoms. The van der Waals surface area contributed by atoms with E-state index in [0.29, 0.717) is 12.3 Å². The van der Waals surface area contributed by atoms with Crippen molar-refractivity contribution in [3.05, 3.63) is 61.1 Å². The van der Waals surface area contributed by atoms with E-state index in [2.05, 4.69) is 26.1 Å². The first kappa shape index (κ1) is 24.5. The molecule has 0 saturated carbocycles. The van der Waals surface area contributed by atoms with Crippen LogP contribution < -0.4 is 20.8 Å². The number of rotatable bonds is 13. The molecule has 1 atom stereocenters. The maximum Gasteiger partial charge on any atom is 0.306 e. The van der Waals surface area contributed by atoms with E-state index >= 15 is 0 Å². The number of hydrazine groups is 1. The van der Waals surface area contributed by atoms with Gasteiger partial charge in [-0.2, -0.15) is 0 Å².